The van der Waals surface area contributed by atoms with Crippen LogP contribution in [0.15, 0.2) is 79.1 Å². The van der Waals surface area contributed by atoms with Gasteiger partial charge in [-0.25, -0.2) is 9.48 Å². The molecule has 1 aliphatic rings. The van der Waals surface area contributed by atoms with Crippen molar-refractivity contribution in [1.82, 2.24) is 25.1 Å². The van der Waals surface area contributed by atoms with Gasteiger partial charge in [-0.2, -0.15) is 5.10 Å². The fraction of sp³-hybridized carbons (Fsp3) is 0.324. The first-order valence-electron chi connectivity index (χ1n) is 15.9. The van der Waals surface area contributed by atoms with E-state index in [-0.39, 0.29) is 23.0 Å². The number of anilines is 2. The number of hydrogen-bond donors (Lipinski definition) is 3. The van der Waals surface area contributed by atoms with E-state index in [4.69, 9.17) is 10.1 Å². The molecule has 236 valence electrons. The fourth-order valence-electron chi connectivity index (χ4n) is 6.15. The van der Waals surface area contributed by atoms with Crippen LogP contribution in [0.5, 0.6) is 0 Å². The van der Waals surface area contributed by atoms with Gasteiger partial charge in [0.2, 0.25) is 0 Å². The lowest BCUT2D eigenvalue weighted by Crippen LogP contribution is -2.34. The second-order valence-electron chi connectivity index (χ2n) is 13.2. The molecule has 1 fully saturated rings. The summed E-state index contributed by atoms with van der Waals surface area (Å²) in [5.41, 5.74) is 6.27. The second-order valence-corrected chi connectivity index (χ2v) is 13.2. The quantitative estimate of drug-likeness (QED) is 0.165. The summed E-state index contributed by atoms with van der Waals surface area (Å²) >= 11 is 0. The minimum Gasteiger partial charge on any atom is -0.317 e. The fourth-order valence-corrected chi connectivity index (χ4v) is 6.15. The minimum absolute atomic E-state index is 0.0426. The van der Waals surface area contributed by atoms with Crippen molar-refractivity contribution in [2.24, 2.45) is 5.92 Å². The topological polar surface area (TPSA) is 114 Å². The second kappa shape index (κ2) is 12.8. The standard InChI is InChI=1S/C37H41N7O2/c1-23-9-11-29(12-10-23)44-33(21-32(43-44)37(3,4)5)42-36(46)41-28-8-6-7-26(19-28)34(25-13-16-38-17-14-25)35(45)30-20-27-22-39-18-15-31(27)40-24(30)2/h6-12,15,18-22,25,34,38H,13-14,16-17H2,1-5H3,(H2,41,42,46). The van der Waals surface area contributed by atoms with Crippen molar-refractivity contribution in [2.45, 2.75) is 58.8 Å². The van der Waals surface area contributed by atoms with Crippen LogP contribution in [-0.4, -0.2) is 44.7 Å². The Morgan fingerprint density at radius 1 is 0.957 bits per heavy atom. The van der Waals surface area contributed by atoms with Crippen molar-refractivity contribution in [3.05, 3.63) is 107 Å². The molecule has 0 aliphatic carbocycles. The van der Waals surface area contributed by atoms with Crippen LogP contribution in [0.3, 0.4) is 0 Å². The summed E-state index contributed by atoms with van der Waals surface area (Å²) in [5, 5.41) is 15.1. The highest BCUT2D eigenvalue weighted by molar-refractivity contribution is 6.04. The Hall–Kier alpha value is -4.89. The summed E-state index contributed by atoms with van der Waals surface area (Å²) in [6.45, 7) is 11.9. The monoisotopic (exact) mass is 615 g/mol. The van der Waals surface area contributed by atoms with E-state index in [1.165, 1.54) is 0 Å². The maximum Gasteiger partial charge on any atom is 0.324 e. The number of urea groups is 1. The molecule has 6 rings (SSSR count). The zero-order valence-electron chi connectivity index (χ0n) is 27.1. The van der Waals surface area contributed by atoms with Gasteiger partial charge in [0.15, 0.2) is 5.78 Å². The summed E-state index contributed by atoms with van der Waals surface area (Å²) in [4.78, 5) is 36.8. The predicted molar refractivity (Wildman–Crippen MR) is 183 cm³/mol. The van der Waals surface area contributed by atoms with Crippen LogP contribution in [0.25, 0.3) is 16.6 Å². The van der Waals surface area contributed by atoms with Gasteiger partial charge in [-0.3, -0.25) is 20.1 Å². The van der Waals surface area contributed by atoms with Crippen molar-refractivity contribution in [2.75, 3.05) is 23.7 Å². The summed E-state index contributed by atoms with van der Waals surface area (Å²) < 4.78 is 1.76. The number of Topliss-reactive ketones (excluding diaryl/α,β-unsaturated/α-hetero) is 1. The number of benzene rings is 2. The van der Waals surface area contributed by atoms with Crippen LogP contribution in [0.1, 0.15) is 72.4 Å². The highest BCUT2D eigenvalue weighted by Crippen LogP contribution is 2.36. The summed E-state index contributed by atoms with van der Waals surface area (Å²) in [6.07, 6.45) is 5.23. The van der Waals surface area contributed by atoms with Crippen molar-refractivity contribution < 1.29 is 9.59 Å². The predicted octanol–water partition coefficient (Wildman–Crippen LogP) is 7.34. The van der Waals surface area contributed by atoms with Gasteiger partial charge in [0.05, 0.1) is 22.8 Å². The molecule has 1 unspecified atom stereocenters. The largest absolute Gasteiger partial charge is 0.324 e. The number of ketones is 1. The number of carbonyl (C=O) groups is 2. The number of piperidine rings is 1. The molecule has 1 atom stereocenters. The lowest BCUT2D eigenvalue weighted by molar-refractivity contribution is 0.0915. The van der Waals surface area contributed by atoms with E-state index in [2.05, 4.69) is 41.7 Å². The molecule has 0 bridgehead atoms. The number of amides is 2. The highest BCUT2D eigenvalue weighted by Gasteiger charge is 2.33. The summed E-state index contributed by atoms with van der Waals surface area (Å²) in [5.74, 6) is 0.389. The molecule has 2 aromatic carbocycles. The van der Waals surface area contributed by atoms with Crippen molar-refractivity contribution in [3.8, 4) is 5.69 Å². The third-order valence-electron chi connectivity index (χ3n) is 8.71. The Morgan fingerprint density at radius 3 is 2.46 bits per heavy atom. The van der Waals surface area contributed by atoms with E-state index < -0.39 is 6.03 Å². The lowest BCUT2D eigenvalue weighted by Gasteiger charge is -2.31. The van der Waals surface area contributed by atoms with Crippen LogP contribution < -0.4 is 16.0 Å². The zero-order valence-corrected chi connectivity index (χ0v) is 27.1. The smallest absolute Gasteiger partial charge is 0.317 e. The van der Waals surface area contributed by atoms with Crippen molar-refractivity contribution >= 4 is 34.2 Å². The van der Waals surface area contributed by atoms with Gasteiger partial charge in [0, 0.05) is 46.2 Å². The van der Waals surface area contributed by atoms with Gasteiger partial charge in [-0.05, 0) is 87.7 Å². The third-order valence-corrected chi connectivity index (χ3v) is 8.71. The van der Waals surface area contributed by atoms with Crippen LogP contribution >= 0.6 is 0 Å². The third kappa shape index (κ3) is 6.70. The minimum atomic E-state index is -0.391. The number of nitrogens with one attached hydrogen (secondary N) is 3. The van der Waals surface area contributed by atoms with Crippen LogP contribution in [0.4, 0.5) is 16.3 Å². The van der Waals surface area contributed by atoms with Crippen LogP contribution in [0, 0.1) is 19.8 Å². The average Bonchev–Trinajstić information content (AvgIpc) is 3.46. The molecule has 3 N–H and O–H groups in total. The molecule has 0 spiro atoms. The maximum atomic E-state index is 14.4. The van der Waals surface area contributed by atoms with Crippen LogP contribution in [0.2, 0.25) is 0 Å². The van der Waals surface area contributed by atoms with Crippen molar-refractivity contribution in [3.63, 3.8) is 0 Å². The number of aromatic nitrogens is 4. The van der Waals surface area contributed by atoms with Gasteiger partial charge in [-0.15, -0.1) is 0 Å². The zero-order chi connectivity index (χ0) is 32.4. The van der Waals surface area contributed by atoms with E-state index in [0.717, 1.165) is 59.3 Å². The number of nitrogens with zero attached hydrogens (tertiary/aromatic N) is 4. The maximum absolute atomic E-state index is 14.4. The normalized spacial score (nSPS) is 14.6. The molecule has 1 saturated heterocycles. The van der Waals surface area contributed by atoms with E-state index >= 15 is 0 Å². The van der Waals surface area contributed by atoms with E-state index in [9.17, 15) is 9.59 Å². The molecule has 4 heterocycles. The van der Waals surface area contributed by atoms with Crippen molar-refractivity contribution in [1.29, 1.82) is 0 Å². The summed E-state index contributed by atoms with van der Waals surface area (Å²) in [6, 6.07) is 21.0. The number of rotatable bonds is 7. The SMILES string of the molecule is Cc1ccc(-n2nc(C(C)(C)C)cc2NC(=O)Nc2cccc(C(C(=O)c3cc4cnccc4nc3C)C3CCNCC3)c2)cc1. The number of pyridine rings is 2. The Kier molecular flexibility index (Phi) is 8.69. The molecule has 5 aromatic rings. The van der Waals surface area contributed by atoms with E-state index in [1.54, 1.807) is 17.1 Å². The Balaban J connectivity index is 1.28. The molecular weight excluding hydrogens is 574 g/mol. The molecule has 3 aromatic heterocycles. The Labute approximate surface area is 269 Å². The average molecular weight is 616 g/mol. The van der Waals surface area contributed by atoms with Gasteiger partial charge in [0.1, 0.15) is 5.82 Å². The number of fused-ring (bicyclic) bond motifs is 1. The molecule has 9 heteroatoms. The first-order valence-corrected chi connectivity index (χ1v) is 15.9. The molecule has 2 amide bonds. The first kappa shape index (κ1) is 31.1. The molecule has 0 saturated carbocycles. The molecule has 46 heavy (non-hydrogen) atoms. The number of carbonyl (C=O) groups excluding carboxylic acids is 2. The van der Waals surface area contributed by atoms with Crippen LogP contribution in [-0.2, 0) is 5.41 Å². The number of aryl methyl sites for hydroxylation is 2. The van der Waals surface area contributed by atoms with Gasteiger partial charge in [-0.1, -0.05) is 50.6 Å². The van der Waals surface area contributed by atoms with Gasteiger partial charge < -0.3 is 10.6 Å². The van der Waals surface area contributed by atoms with E-state index in [0.29, 0.717) is 22.8 Å². The summed E-state index contributed by atoms with van der Waals surface area (Å²) in [7, 11) is 0. The molecule has 9 nitrogen and oxygen atoms in total. The van der Waals surface area contributed by atoms with Gasteiger partial charge >= 0.3 is 6.03 Å². The lowest BCUT2D eigenvalue weighted by atomic mass is 9.76. The highest BCUT2D eigenvalue weighted by atomic mass is 16.2. The Bertz CT molecular complexity index is 1880. The number of hydrogen-bond acceptors (Lipinski definition) is 6. The molecule has 1 aliphatic heterocycles. The van der Waals surface area contributed by atoms with E-state index in [1.807, 2.05) is 80.6 Å². The van der Waals surface area contributed by atoms with Gasteiger partial charge in [0.25, 0.3) is 0 Å². The first-order chi connectivity index (χ1) is 22.1. The molecular formula is C37H41N7O2. The molecule has 0 radical (unpaired) electrons. The Morgan fingerprint density at radius 2 is 1.72 bits per heavy atom.